The number of hydrogen-bond acceptors (Lipinski definition) is 5. The number of nitrogens with zero attached hydrogens (tertiary/aromatic N) is 5. The molecule has 2 fully saturated rings. The molecule has 0 radical (unpaired) electrons. The Kier molecular flexibility index (Phi) is 5.04. The van der Waals surface area contributed by atoms with Crippen LogP contribution in [0.5, 0.6) is 0 Å². The van der Waals surface area contributed by atoms with Gasteiger partial charge in [-0.15, -0.1) is 0 Å². The lowest BCUT2D eigenvalue weighted by atomic mass is 10.0. The van der Waals surface area contributed by atoms with Crippen LogP contribution in [-0.4, -0.2) is 50.6 Å². The highest BCUT2D eigenvalue weighted by atomic mass is 16.2. The van der Waals surface area contributed by atoms with Gasteiger partial charge >= 0.3 is 0 Å². The van der Waals surface area contributed by atoms with Gasteiger partial charge < -0.3 is 9.80 Å². The second-order valence-corrected chi connectivity index (χ2v) is 8.35. The van der Waals surface area contributed by atoms with E-state index in [-0.39, 0.29) is 11.9 Å². The van der Waals surface area contributed by atoms with Crippen molar-refractivity contribution in [3.05, 3.63) is 36.3 Å². The van der Waals surface area contributed by atoms with Gasteiger partial charge in [-0.25, -0.2) is 9.97 Å². The Hall–Kier alpha value is -2.70. The molecule has 29 heavy (non-hydrogen) atoms. The van der Waals surface area contributed by atoms with E-state index in [9.17, 15) is 4.79 Å². The molecule has 1 N–H and O–H groups in total. The number of likely N-dealkylation sites (tertiary alicyclic amines) is 1. The summed E-state index contributed by atoms with van der Waals surface area (Å²) in [6, 6.07) is 1.99. The van der Waals surface area contributed by atoms with E-state index in [4.69, 9.17) is 4.98 Å². The fourth-order valence-corrected chi connectivity index (χ4v) is 4.89. The summed E-state index contributed by atoms with van der Waals surface area (Å²) in [6.45, 7) is 2.85. The minimum atomic E-state index is 0.0515. The highest BCUT2D eigenvalue weighted by Crippen LogP contribution is 2.37. The van der Waals surface area contributed by atoms with Crippen LogP contribution in [0.3, 0.4) is 0 Å². The molecule has 5 rings (SSSR count). The summed E-state index contributed by atoms with van der Waals surface area (Å²) >= 11 is 0. The molecule has 0 unspecified atom stereocenters. The molecule has 2 saturated heterocycles. The molecule has 1 amide bonds. The van der Waals surface area contributed by atoms with Crippen molar-refractivity contribution < 1.29 is 4.79 Å². The Labute approximate surface area is 171 Å². The van der Waals surface area contributed by atoms with Crippen molar-refractivity contribution in [2.75, 3.05) is 24.5 Å². The smallest absolute Gasteiger partial charge is 0.225 e. The third-order valence-electron chi connectivity index (χ3n) is 6.43. The molecule has 3 aliphatic rings. The Balaban J connectivity index is 1.38. The summed E-state index contributed by atoms with van der Waals surface area (Å²) in [6.07, 6.45) is 15.2. The predicted molar refractivity (Wildman–Crippen MR) is 111 cm³/mol. The fourth-order valence-electron chi connectivity index (χ4n) is 4.89. The van der Waals surface area contributed by atoms with Gasteiger partial charge in [-0.2, -0.15) is 5.10 Å². The number of rotatable bonds is 5. The molecule has 1 aliphatic carbocycles. The van der Waals surface area contributed by atoms with Crippen molar-refractivity contribution in [2.24, 2.45) is 5.92 Å². The molecule has 7 heteroatoms. The average molecular weight is 393 g/mol. The maximum atomic E-state index is 13.0. The highest BCUT2D eigenvalue weighted by molar-refractivity contribution is 5.78. The van der Waals surface area contributed by atoms with Crippen LogP contribution in [-0.2, 0) is 4.79 Å². The summed E-state index contributed by atoms with van der Waals surface area (Å²) < 4.78 is 0. The highest BCUT2D eigenvalue weighted by Gasteiger charge is 2.34. The summed E-state index contributed by atoms with van der Waals surface area (Å²) in [5, 5.41) is 7.50. The van der Waals surface area contributed by atoms with Gasteiger partial charge in [-0.1, -0.05) is 12.2 Å². The van der Waals surface area contributed by atoms with Crippen molar-refractivity contribution in [1.29, 1.82) is 0 Å². The maximum Gasteiger partial charge on any atom is 0.225 e. The van der Waals surface area contributed by atoms with Crippen molar-refractivity contribution in [3.8, 4) is 11.3 Å². The van der Waals surface area contributed by atoms with Gasteiger partial charge in [0, 0.05) is 37.8 Å². The molecule has 0 bridgehead atoms. The first-order valence-electron chi connectivity index (χ1n) is 10.9. The minimum absolute atomic E-state index is 0.0515. The average Bonchev–Trinajstić information content (AvgIpc) is 3.55. The van der Waals surface area contributed by atoms with Crippen molar-refractivity contribution in [1.82, 2.24) is 25.1 Å². The first kappa shape index (κ1) is 18.3. The molecule has 2 aromatic rings. The molecule has 2 aliphatic heterocycles. The molecule has 4 heterocycles. The van der Waals surface area contributed by atoms with Gasteiger partial charge in [0.05, 0.1) is 23.6 Å². The molecule has 0 saturated carbocycles. The van der Waals surface area contributed by atoms with E-state index in [1.54, 1.807) is 0 Å². The first-order valence-corrected chi connectivity index (χ1v) is 10.9. The second-order valence-electron chi connectivity index (χ2n) is 8.35. The van der Waals surface area contributed by atoms with Crippen LogP contribution < -0.4 is 4.90 Å². The molecule has 7 nitrogen and oxygen atoms in total. The van der Waals surface area contributed by atoms with E-state index in [0.717, 1.165) is 68.2 Å². The lowest BCUT2D eigenvalue weighted by molar-refractivity contribution is -0.132. The number of allylic oxidation sites excluding steroid dienone is 2. The minimum Gasteiger partial charge on any atom is -0.341 e. The molecule has 152 valence electrons. The van der Waals surface area contributed by atoms with Crippen molar-refractivity contribution in [2.45, 2.75) is 51.0 Å². The van der Waals surface area contributed by atoms with E-state index in [0.29, 0.717) is 12.3 Å². The summed E-state index contributed by atoms with van der Waals surface area (Å²) in [5.41, 5.74) is 2.87. The first-order chi connectivity index (χ1) is 14.3. The zero-order valence-corrected chi connectivity index (χ0v) is 16.8. The number of hydrogen-bond donors (Lipinski definition) is 1. The van der Waals surface area contributed by atoms with E-state index in [1.807, 2.05) is 23.4 Å². The summed E-state index contributed by atoms with van der Waals surface area (Å²) in [5.74, 6) is 1.44. The van der Waals surface area contributed by atoms with Crippen LogP contribution in [0.1, 0.15) is 56.7 Å². The summed E-state index contributed by atoms with van der Waals surface area (Å²) in [4.78, 5) is 26.6. The third kappa shape index (κ3) is 3.66. The Morgan fingerprint density at radius 1 is 1.17 bits per heavy atom. The molecular weight excluding hydrogens is 364 g/mol. The van der Waals surface area contributed by atoms with Gasteiger partial charge in [0.2, 0.25) is 11.9 Å². The number of H-pyrrole nitrogens is 1. The van der Waals surface area contributed by atoms with Gasteiger partial charge in [-0.3, -0.25) is 9.89 Å². The van der Waals surface area contributed by atoms with Crippen LogP contribution in [0, 0.1) is 5.92 Å². The number of aromatic nitrogens is 4. The fraction of sp³-hybridized carbons (Fsp3) is 0.545. The largest absolute Gasteiger partial charge is 0.341 e. The quantitative estimate of drug-likeness (QED) is 0.788. The number of amides is 1. The SMILES string of the molecule is O=C(C[C@@H]1C=CCC1)N1CCC[C@H]1c1[nH]ncc1-c1ccnc(N2CCCC2)n1. The zero-order chi connectivity index (χ0) is 19.6. The third-order valence-corrected chi connectivity index (χ3v) is 6.43. The number of anilines is 1. The van der Waals surface area contributed by atoms with E-state index in [1.165, 1.54) is 12.8 Å². The second kappa shape index (κ2) is 7.97. The van der Waals surface area contributed by atoms with Crippen LogP contribution in [0.4, 0.5) is 5.95 Å². The van der Waals surface area contributed by atoms with Crippen molar-refractivity contribution in [3.63, 3.8) is 0 Å². The van der Waals surface area contributed by atoms with Crippen LogP contribution in [0.15, 0.2) is 30.6 Å². The topological polar surface area (TPSA) is 78.0 Å². The number of carbonyl (C=O) groups excluding carboxylic acids is 1. The number of nitrogens with one attached hydrogen (secondary N) is 1. The molecular formula is C22H28N6O. The van der Waals surface area contributed by atoms with Gasteiger partial charge in [0.15, 0.2) is 0 Å². The standard InChI is InChI=1S/C22H28N6O/c29-20(14-16-6-1-2-7-16)28-13-5-8-19(28)21-17(15-24-26-21)18-9-10-23-22(25-18)27-11-3-4-12-27/h1,6,9-10,15-16,19H,2-5,7-8,11-14H2,(H,24,26)/t16-,19+/m1/s1. The van der Waals surface area contributed by atoms with E-state index < -0.39 is 0 Å². The van der Waals surface area contributed by atoms with Gasteiger partial charge in [-0.05, 0) is 50.5 Å². The Bertz CT molecular complexity index is 900. The van der Waals surface area contributed by atoms with Crippen LogP contribution >= 0.6 is 0 Å². The maximum absolute atomic E-state index is 13.0. The summed E-state index contributed by atoms with van der Waals surface area (Å²) in [7, 11) is 0. The molecule has 2 aromatic heterocycles. The lowest BCUT2D eigenvalue weighted by Crippen LogP contribution is -2.32. The molecule has 0 aromatic carbocycles. The Morgan fingerprint density at radius 2 is 2.07 bits per heavy atom. The normalized spacial score (nSPS) is 24.0. The number of aromatic amines is 1. The van der Waals surface area contributed by atoms with Crippen molar-refractivity contribution >= 4 is 11.9 Å². The van der Waals surface area contributed by atoms with Crippen LogP contribution in [0.2, 0.25) is 0 Å². The number of carbonyl (C=O) groups is 1. The van der Waals surface area contributed by atoms with Gasteiger partial charge in [0.1, 0.15) is 0 Å². The Morgan fingerprint density at radius 3 is 2.90 bits per heavy atom. The predicted octanol–water partition coefficient (Wildman–Crippen LogP) is 3.49. The molecule has 2 atom stereocenters. The van der Waals surface area contributed by atoms with Gasteiger partial charge in [0.25, 0.3) is 0 Å². The van der Waals surface area contributed by atoms with Crippen LogP contribution in [0.25, 0.3) is 11.3 Å². The van der Waals surface area contributed by atoms with E-state index in [2.05, 4.69) is 32.2 Å². The zero-order valence-electron chi connectivity index (χ0n) is 16.8. The monoisotopic (exact) mass is 392 g/mol. The van der Waals surface area contributed by atoms with E-state index >= 15 is 0 Å². The molecule has 0 spiro atoms. The lowest BCUT2D eigenvalue weighted by Gasteiger charge is -2.26.